The highest BCUT2D eigenvalue weighted by molar-refractivity contribution is 14.1. The molecule has 0 saturated carbocycles. The molecule has 1 rings (SSSR count). The van der Waals surface area contributed by atoms with E-state index in [0.29, 0.717) is 4.68 Å². The predicted molar refractivity (Wildman–Crippen MR) is 78.0 cm³/mol. The highest BCUT2D eigenvalue weighted by atomic mass is 127. The van der Waals surface area contributed by atoms with E-state index in [9.17, 15) is 31.0 Å². The van der Waals surface area contributed by atoms with E-state index < -0.39 is 76.4 Å². The topological polar surface area (TPSA) is 134 Å². The SMILES string of the molecule is COC(=O)c1nn(CCOCC(F)(F)F)c(C(=O)O)c1N([O-])I=O. The number of hydrogen-bond acceptors (Lipinski definition) is 7. The zero-order valence-corrected chi connectivity index (χ0v) is 14.0. The van der Waals surface area contributed by atoms with Gasteiger partial charge < -0.3 is 23.1 Å². The predicted octanol–water partition coefficient (Wildman–Crippen LogP) is 1.48. The van der Waals surface area contributed by atoms with Gasteiger partial charge in [0.2, 0.25) is 0 Å². The summed E-state index contributed by atoms with van der Waals surface area (Å²) in [5.41, 5.74) is -2.30. The van der Waals surface area contributed by atoms with Gasteiger partial charge in [0.15, 0.2) is 11.4 Å². The Balaban J connectivity index is 3.15. The maximum Gasteiger partial charge on any atom is 0.411 e. The molecule has 1 aromatic rings. The highest BCUT2D eigenvalue weighted by Gasteiger charge is 2.30. The molecule has 0 radical (unpaired) electrons. The molecular weight excluding hydrogens is 458 g/mol. The summed E-state index contributed by atoms with van der Waals surface area (Å²) < 4.78 is 55.8. The number of carbonyl (C=O) groups excluding carboxylic acids is 1. The maximum atomic E-state index is 12.0. The van der Waals surface area contributed by atoms with Crippen LogP contribution in [-0.4, -0.2) is 53.3 Å². The molecule has 0 aromatic carbocycles. The lowest BCUT2D eigenvalue weighted by Gasteiger charge is -2.20. The van der Waals surface area contributed by atoms with Crippen molar-refractivity contribution in [3.05, 3.63) is 16.6 Å². The summed E-state index contributed by atoms with van der Waals surface area (Å²) in [5, 5.41) is 24.3. The van der Waals surface area contributed by atoms with Crippen molar-refractivity contribution in [1.82, 2.24) is 9.78 Å². The fourth-order valence-corrected chi connectivity index (χ4v) is 2.25. The molecule has 0 fully saturated rings. The molecule has 0 aliphatic rings. The minimum Gasteiger partial charge on any atom is -0.747 e. The van der Waals surface area contributed by atoms with Gasteiger partial charge in [-0.15, -0.1) is 0 Å². The molecule has 1 heterocycles. The zero-order valence-electron chi connectivity index (χ0n) is 11.9. The third-order valence-corrected chi connectivity index (χ3v) is 3.30. The van der Waals surface area contributed by atoms with Gasteiger partial charge in [0, 0.05) is 0 Å². The van der Waals surface area contributed by atoms with Crippen molar-refractivity contribution < 1.29 is 40.4 Å². The van der Waals surface area contributed by atoms with Crippen LogP contribution in [0.1, 0.15) is 21.0 Å². The molecule has 1 N–H and O–H groups in total. The van der Waals surface area contributed by atoms with Crippen LogP contribution in [0, 0.1) is 5.21 Å². The van der Waals surface area contributed by atoms with Gasteiger partial charge in [-0.2, -0.15) is 18.3 Å². The fraction of sp³-hybridized carbons (Fsp3) is 0.500. The quantitative estimate of drug-likeness (QED) is 0.198. The Morgan fingerprint density at radius 3 is 2.54 bits per heavy atom. The number of rotatable bonds is 8. The summed E-state index contributed by atoms with van der Waals surface area (Å²) >= 11 is -2.42. The van der Waals surface area contributed by atoms with E-state index in [1.54, 1.807) is 0 Å². The van der Waals surface area contributed by atoms with Crippen LogP contribution in [0.5, 0.6) is 0 Å². The third kappa shape index (κ3) is 5.10. The second kappa shape index (κ2) is 8.34. The minimum absolute atomic E-state index is 0.214. The van der Waals surface area contributed by atoms with Crippen molar-refractivity contribution in [3.63, 3.8) is 0 Å². The Morgan fingerprint density at radius 2 is 2.08 bits per heavy atom. The number of esters is 1. The first-order chi connectivity index (χ1) is 11.1. The molecule has 0 saturated heterocycles. The van der Waals surface area contributed by atoms with Gasteiger partial charge in [-0.3, -0.25) is 4.68 Å². The summed E-state index contributed by atoms with van der Waals surface area (Å²) in [5.74, 6) is -2.86. The molecule has 0 aliphatic heterocycles. The number of aromatic carboxylic acids is 1. The van der Waals surface area contributed by atoms with E-state index in [2.05, 4.69) is 14.6 Å². The largest absolute Gasteiger partial charge is 0.747 e. The zero-order chi connectivity index (χ0) is 18.5. The van der Waals surface area contributed by atoms with Crippen molar-refractivity contribution in [1.29, 1.82) is 0 Å². The van der Waals surface area contributed by atoms with Gasteiger partial charge in [0.25, 0.3) is 21.5 Å². The van der Waals surface area contributed by atoms with Crippen molar-refractivity contribution >= 4 is 39.1 Å². The van der Waals surface area contributed by atoms with E-state index in [1.165, 1.54) is 0 Å². The average Bonchev–Trinajstić information content (AvgIpc) is 2.88. The molecule has 10 nitrogen and oxygen atoms in total. The van der Waals surface area contributed by atoms with Crippen LogP contribution in [0.4, 0.5) is 18.9 Å². The first kappa shape index (κ1) is 20.2. The third-order valence-electron chi connectivity index (χ3n) is 2.46. The summed E-state index contributed by atoms with van der Waals surface area (Å²) in [6.45, 7) is -2.65. The Hall–Kier alpha value is -1.81. The fourth-order valence-electron chi connectivity index (χ4n) is 1.60. The summed E-state index contributed by atoms with van der Waals surface area (Å²) in [6, 6.07) is 0. The first-order valence-electron chi connectivity index (χ1n) is 5.94. The Morgan fingerprint density at radius 1 is 1.46 bits per heavy atom. The molecule has 0 amide bonds. The van der Waals surface area contributed by atoms with Gasteiger partial charge in [0.05, 0.1) is 20.3 Å². The van der Waals surface area contributed by atoms with Crippen molar-refractivity contribution in [2.24, 2.45) is 0 Å². The van der Waals surface area contributed by atoms with E-state index >= 15 is 0 Å². The Bertz CT molecular complexity index is 634. The van der Waals surface area contributed by atoms with Gasteiger partial charge in [-0.25, -0.2) is 12.7 Å². The van der Waals surface area contributed by atoms with Crippen molar-refractivity contribution in [3.8, 4) is 0 Å². The lowest BCUT2D eigenvalue weighted by atomic mass is 10.3. The van der Waals surface area contributed by atoms with Crippen LogP contribution >= 0.6 is 21.5 Å². The minimum atomic E-state index is -4.57. The monoisotopic (exact) mass is 468 g/mol. The van der Waals surface area contributed by atoms with Crippen LogP contribution in [0.2, 0.25) is 0 Å². The summed E-state index contributed by atoms with van der Waals surface area (Å²) in [4.78, 5) is 22.9. The number of anilines is 1. The number of halogens is 4. The molecule has 0 bridgehead atoms. The standard InChI is InChI=1S/C10H10F3IN3O7/c1-23-9(20)5-6(17(22)14-21)7(8(18)19)16(15-5)2-3-24-4-10(11,12)13/h2-4H2,1H3,(H,18,19)/q-1. The van der Waals surface area contributed by atoms with Crippen molar-refractivity contribution in [2.75, 3.05) is 23.6 Å². The number of carboxylic acids is 1. The molecule has 0 spiro atoms. The molecule has 0 unspecified atom stereocenters. The smallest absolute Gasteiger partial charge is 0.411 e. The number of ether oxygens (including phenoxy) is 2. The molecule has 24 heavy (non-hydrogen) atoms. The van der Waals surface area contributed by atoms with E-state index in [1.807, 2.05) is 0 Å². The second-order valence-electron chi connectivity index (χ2n) is 4.05. The normalized spacial score (nSPS) is 11.4. The highest BCUT2D eigenvalue weighted by Crippen LogP contribution is 2.30. The number of nitrogens with zero attached hydrogens (tertiary/aromatic N) is 3. The van der Waals surface area contributed by atoms with E-state index in [4.69, 9.17) is 5.11 Å². The number of carbonyl (C=O) groups is 2. The van der Waals surface area contributed by atoms with E-state index in [0.717, 1.165) is 7.11 Å². The lowest BCUT2D eigenvalue weighted by Crippen LogP contribution is -2.20. The van der Waals surface area contributed by atoms with Crippen LogP contribution in [0.15, 0.2) is 0 Å². The van der Waals surface area contributed by atoms with Crippen LogP contribution in [0.3, 0.4) is 0 Å². The molecule has 136 valence electrons. The molecule has 0 atom stereocenters. The molecular formula is C10H10F3IN3O7-. The van der Waals surface area contributed by atoms with Crippen LogP contribution in [-0.2, 0) is 19.1 Å². The van der Waals surface area contributed by atoms with Crippen molar-refractivity contribution in [2.45, 2.75) is 12.7 Å². The Labute approximate surface area is 142 Å². The summed E-state index contributed by atoms with van der Waals surface area (Å²) in [6.07, 6.45) is -4.57. The maximum absolute atomic E-state index is 12.0. The van der Waals surface area contributed by atoms with Gasteiger partial charge >= 0.3 is 18.1 Å². The van der Waals surface area contributed by atoms with Crippen LogP contribution in [0.25, 0.3) is 0 Å². The van der Waals surface area contributed by atoms with Gasteiger partial charge in [-0.1, -0.05) is 0 Å². The molecule has 14 heteroatoms. The lowest BCUT2D eigenvalue weighted by molar-refractivity contribution is -0.174. The summed E-state index contributed by atoms with van der Waals surface area (Å²) in [7, 11) is 0.944. The van der Waals surface area contributed by atoms with Crippen LogP contribution < -0.4 is 3.28 Å². The Kier molecular flexibility index (Phi) is 7.03. The number of hydrogen-bond donors (Lipinski definition) is 1. The number of carboxylic acid groups (broad SMARTS) is 1. The number of aromatic nitrogens is 2. The second-order valence-corrected chi connectivity index (χ2v) is 5.32. The number of methoxy groups -OCH3 is 1. The molecule has 0 aliphatic carbocycles. The molecule has 1 aromatic heterocycles. The van der Waals surface area contributed by atoms with E-state index in [-0.39, 0.29) is 3.28 Å². The average molecular weight is 468 g/mol. The number of alkyl halides is 3. The van der Waals surface area contributed by atoms with Gasteiger partial charge in [-0.05, 0) is 0 Å². The van der Waals surface area contributed by atoms with Gasteiger partial charge in [0.1, 0.15) is 12.3 Å². The first-order valence-corrected chi connectivity index (χ1v) is 7.78.